The maximum absolute atomic E-state index is 9.78. The average Bonchev–Trinajstić information content (AvgIpc) is 3.09. The van der Waals surface area contributed by atoms with Gasteiger partial charge in [0, 0.05) is 29.7 Å². The highest BCUT2D eigenvalue weighted by Crippen LogP contribution is 2.39. The predicted octanol–water partition coefficient (Wildman–Crippen LogP) is 3.70. The molecule has 1 atom stereocenters. The molecule has 4 rings (SSSR count). The average molecular weight is 306 g/mol. The lowest BCUT2D eigenvalue weighted by Gasteiger charge is -2.15. The van der Waals surface area contributed by atoms with Gasteiger partial charge in [-0.2, -0.15) is 0 Å². The summed E-state index contributed by atoms with van der Waals surface area (Å²) in [6.07, 6.45) is 3.27. The Morgan fingerprint density at radius 2 is 2.00 bits per heavy atom. The molecule has 1 aliphatic rings. The van der Waals surface area contributed by atoms with Crippen LogP contribution in [0.4, 0.5) is 0 Å². The van der Waals surface area contributed by atoms with Crippen molar-refractivity contribution in [2.45, 2.75) is 25.3 Å². The van der Waals surface area contributed by atoms with E-state index in [1.54, 1.807) is 6.07 Å². The summed E-state index contributed by atoms with van der Waals surface area (Å²) < 4.78 is 2.29. The SMILES string of the molecule is Cn1c2c(c3cc(O)ccc31)CCC2NCCc1ccccc1. The van der Waals surface area contributed by atoms with Crippen molar-refractivity contribution in [3.8, 4) is 5.75 Å². The van der Waals surface area contributed by atoms with Crippen molar-refractivity contribution in [3.63, 3.8) is 0 Å². The molecule has 1 unspecified atom stereocenters. The Morgan fingerprint density at radius 1 is 1.17 bits per heavy atom. The van der Waals surface area contributed by atoms with Gasteiger partial charge in [0.05, 0.1) is 0 Å². The smallest absolute Gasteiger partial charge is 0.116 e. The van der Waals surface area contributed by atoms with Gasteiger partial charge in [0.25, 0.3) is 0 Å². The van der Waals surface area contributed by atoms with Crippen molar-refractivity contribution in [1.82, 2.24) is 9.88 Å². The highest BCUT2D eigenvalue weighted by Gasteiger charge is 2.28. The summed E-state index contributed by atoms with van der Waals surface area (Å²) in [6, 6.07) is 16.7. The summed E-state index contributed by atoms with van der Waals surface area (Å²) in [5, 5.41) is 14.7. The normalized spacial score (nSPS) is 16.8. The second kappa shape index (κ2) is 5.74. The molecule has 0 fully saturated rings. The van der Waals surface area contributed by atoms with E-state index in [1.165, 1.54) is 27.7 Å². The largest absolute Gasteiger partial charge is 0.508 e. The molecule has 3 nitrogen and oxygen atoms in total. The van der Waals surface area contributed by atoms with Crippen molar-refractivity contribution in [2.75, 3.05) is 6.54 Å². The topological polar surface area (TPSA) is 37.2 Å². The molecule has 0 saturated carbocycles. The zero-order valence-corrected chi connectivity index (χ0v) is 13.4. The number of phenols is 1. The van der Waals surface area contributed by atoms with Crippen LogP contribution in [0.3, 0.4) is 0 Å². The van der Waals surface area contributed by atoms with Crippen LogP contribution in [0.15, 0.2) is 48.5 Å². The van der Waals surface area contributed by atoms with E-state index in [9.17, 15) is 5.11 Å². The lowest BCUT2D eigenvalue weighted by molar-refractivity contribution is 0.476. The van der Waals surface area contributed by atoms with Gasteiger partial charge in [-0.15, -0.1) is 0 Å². The van der Waals surface area contributed by atoms with Crippen LogP contribution >= 0.6 is 0 Å². The number of aromatic hydroxyl groups is 1. The number of phenolic OH excluding ortho intramolecular Hbond substituents is 1. The number of rotatable bonds is 4. The summed E-state index contributed by atoms with van der Waals surface area (Å²) in [7, 11) is 2.13. The third-order valence-corrected chi connectivity index (χ3v) is 5.00. The number of nitrogens with one attached hydrogen (secondary N) is 1. The van der Waals surface area contributed by atoms with Crippen molar-refractivity contribution >= 4 is 10.9 Å². The summed E-state index contributed by atoms with van der Waals surface area (Å²) in [5.74, 6) is 0.353. The van der Waals surface area contributed by atoms with Gasteiger partial charge >= 0.3 is 0 Å². The Balaban J connectivity index is 1.54. The molecule has 118 valence electrons. The molecule has 23 heavy (non-hydrogen) atoms. The van der Waals surface area contributed by atoms with Gasteiger partial charge in [-0.25, -0.2) is 0 Å². The van der Waals surface area contributed by atoms with Crippen LogP contribution in [-0.2, 0) is 19.9 Å². The van der Waals surface area contributed by atoms with Gasteiger partial charge in [0.1, 0.15) is 5.75 Å². The zero-order chi connectivity index (χ0) is 15.8. The van der Waals surface area contributed by atoms with E-state index in [1.807, 2.05) is 12.1 Å². The highest BCUT2D eigenvalue weighted by atomic mass is 16.3. The molecule has 2 aromatic carbocycles. The van der Waals surface area contributed by atoms with E-state index in [0.717, 1.165) is 25.8 Å². The highest BCUT2D eigenvalue weighted by molar-refractivity contribution is 5.87. The Hall–Kier alpha value is -2.26. The zero-order valence-electron chi connectivity index (χ0n) is 13.4. The number of nitrogens with zero attached hydrogens (tertiary/aromatic N) is 1. The van der Waals surface area contributed by atoms with Crippen LogP contribution in [0.2, 0.25) is 0 Å². The molecule has 2 N–H and O–H groups in total. The molecule has 1 aromatic heterocycles. The summed E-state index contributed by atoms with van der Waals surface area (Å²) >= 11 is 0. The Bertz CT molecular complexity index is 836. The molecule has 0 amide bonds. The fraction of sp³-hybridized carbons (Fsp3) is 0.300. The van der Waals surface area contributed by atoms with E-state index in [4.69, 9.17) is 0 Å². The Morgan fingerprint density at radius 3 is 2.83 bits per heavy atom. The van der Waals surface area contributed by atoms with Crippen LogP contribution in [0.1, 0.15) is 29.3 Å². The number of aromatic nitrogens is 1. The van der Waals surface area contributed by atoms with Crippen molar-refractivity contribution in [1.29, 1.82) is 0 Å². The predicted molar refractivity (Wildman–Crippen MR) is 93.8 cm³/mol. The lowest BCUT2D eigenvalue weighted by atomic mass is 10.1. The fourth-order valence-corrected chi connectivity index (χ4v) is 3.89. The molecular formula is C20H22N2O. The maximum atomic E-state index is 9.78. The van der Waals surface area contributed by atoms with Gasteiger partial charge < -0.3 is 15.0 Å². The number of hydrogen-bond acceptors (Lipinski definition) is 2. The lowest BCUT2D eigenvalue weighted by Crippen LogP contribution is -2.23. The number of benzene rings is 2. The quantitative estimate of drug-likeness (QED) is 0.771. The fourth-order valence-electron chi connectivity index (χ4n) is 3.89. The molecule has 0 bridgehead atoms. The molecule has 3 heteroatoms. The van der Waals surface area contributed by atoms with E-state index < -0.39 is 0 Å². The van der Waals surface area contributed by atoms with E-state index in [-0.39, 0.29) is 0 Å². The van der Waals surface area contributed by atoms with Crippen molar-refractivity contribution in [2.24, 2.45) is 7.05 Å². The minimum Gasteiger partial charge on any atom is -0.508 e. The van der Waals surface area contributed by atoms with Crippen LogP contribution in [0.25, 0.3) is 10.9 Å². The molecule has 0 aliphatic heterocycles. The van der Waals surface area contributed by atoms with E-state index in [2.05, 4.69) is 47.3 Å². The number of hydrogen-bond donors (Lipinski definition) is 2. The first-order chi connectivity index (χ1) is 11.2. The van der Waals surface area contributed by atoms with Crippen LogP contribution in [0, 0.1) is 0 Å². The first kappa shape index (κ1) is 14.3. The van der Waals surface area contributed by atoms with Gasteiger partial charge in [-0.1, -0.05) is 30.3 Å². The second-order valence-corrected chi connectivity index (χ2v) is 6.41. The van der Waals surface area contributed by atoms with Gasteiger partial charge in [-0.3, -0.25) is 0 Å². The minimum atomic E-state index is 0.353. The standard InChI is InChI=1S/C20H22N2O/c1-22-19-10-7-15(23)13-17(19)16-8-9-18(20(16)22)21-12-11-14-5-3-2-4-6-14/h2-7,10,13,18,21,23H,8-9,11-12H2,1H3. The van der Waals surface area contributed by atoms with E-state index in [0.29, 0.717) is 11.8 Å². The van der Waals surface area contributed by atoms with Gasteiger partial charge in [0.15, 0.2) is 0 Å². The molecule has 3 aromatic rings. The van der Waals surface area contributed by atoms with Crippen LogP contribution < -0.4 is 5.32 Å². The molecule has 0 spiro atoms. The molecule has 0 saturated heterocycles. The Kier molecular flexibility index (Phi) is 3.58. The first-order valence-corrected chi connectivity index (χ1v) is 8.31. The number of aryl methyl sites for hydroxylation is 2. The molecule has 1 aliphatic carbocycles. The second-order valence-electron chi connectivity index (χ2n) is 6.41. The van der Waals surface area contributed by atoms with Crippen LogP contribution in [-0.4, -0.2) is 16.2 Å². The molecule has 0 radical (unpaired) electrons. The Labute approximate surface area is 136 Å². The third-order valence-electron chi connectivity index (χ3n) is 5.00. The first-order valence-electron chi connectivity index (χ1n) is 8.31. The van der Waals surface area contributed by atoms with E-state index >= 15 is 0 Å². The minimum absolute atomic E-state index is 0.353. The molecule has 1 heterocycles. The van der Waals surface area contributed by atoms with Gasteiger partial charge in [0.2, 0.25) is 0 Å². The third kappa shape index (κ3) is 2.51. The summed E-state index contributed by atoms with van der Waals surface area (Å²) in [5.41, 5.74) is 5.37. The maximum Gasteiger partial charge on any atom is 0.116 e. The summed E-state index contributed by atoms with van der Waals surface area (Å²) in [6.45, 7) is 0.987. The van der Waals surface area contributed by atoms with Gasteiger partial charge in [-0.05, 0) is 55.1 Å². The monoisotopic (exact) mass is 306 g/mol. The summed E-state index contributed by atoms with van der Waals surface area (Å²) in [4.78, 5) is 0. The molecular weight excluding hydrogens is 284 g/mol. The van der Waals surface area contributed by atoms with Crippen molar-refractivity contribution in [3.05, 3.63) is 65.4 Å². The number of fused-ring (bicyclic) bond motifs is 3. The van der Waals surface area contributed by atoms with Crippen molar-refractivity contribution < 1.29 is 5.11 Å². The van der Waals surface area contributed by atoms with Crippen LogP contribution in [0.5, 0.6) is 5.75 Å².